The maximum atomic E-state index is 5.89. The molecule has 0 spiro atoms. The average Bonchev–Trinajstić information content (AvgIpc) is 2.71. The summed E-state index contributed by atoms with van der Waals surface area (Å²) in [7, 11) is 4.86. The van der Waals surface area contributed by atoms with Crippen LogP contribution in [0.1, 0.15) is 59.3 Å². The van der Waals surface area contributed by atoms with E-state index in [1.807, 2.05) is 0 Å². The van der Waals surface area contributed by atoms with E-state index in [0.717, 1.165) is 38.5 Å². The van der Waals surface area contributed by atoms with E-state index in [1.165, 1.54) is 0 Å². The Morgan fingerprint density at radius 1 is 0.500 bits per heavy atom. The van der Waals surface area contributed by atoms with Crippen molar-refractivity contribution in [3.8, 4) is 0 Å². The third-order valence-electron chi connectivity index (χ3n) is 5.24. The van der Waals surface area contributed by atoms with Crippen molar-refractivity contribution < 1.29 is 26.6 Å². The lowest BCUT2D eigenvalue weighted by atomic mass is 10.2. The van der Waals surface area contributed by atoms with Gasteiger partial charge in [-0.3, -0.25) is 4.90 Å². The van der Waals surface area contributed by atoms with Crippen LogP contribution in [0.25, 0.3) is 0 Å². The topological polar surface area (TPSA) is 58.6 Å². The van der Waals surface area contributed by atoms with Gasteiger partial charge in [0.05, 0.1) is 17.0 Å². The predicted molar refractivity (Wildman–Crippen MR) is 121 cm³/mol. The van der Waals surface area contributed by atoms with Crippen molar-refractivity contribution in [1.29, 1.82) is 0 Å². The van der Waals surface area contributed by atoms with E-state index in [-0.39, 0.29) is 17.0 Å². The minimum absolute atomic E-state index is 0.216. The largest absolute Gasteiger partial charge is 0.399 e. The van der Waals surface area contributed by atoms with Crippen molar-refractivity contribution in [2.75, 3.05) is 42.7 Å². The van der Waals surface area contributed by atoms with Gasteiger partial charge in [0.2, 0.25) is 0 Å². The minimum atomic E-state index is -1.92. The maximum Gasteiger partial charge on any atom is 0.338 e. The Morgan fingerprint density at radius 3 is 0.857 bits per heavy atom. The van der Waals surface area contributed by atoms with Crippen LogP contribution in [0.5, 0.6) is 0 Å². The normalized spacial score (nSPS) is 15.8. The second kappa shape index (κ2) is 17.1. The van der Waals surface area contributed by atoms with Crippen LogP contribution >= 0.6 is 0 Å². The molecule has 0 heterocycles. The fourth-order valence-electron chi connectivity index (χ4n) is 4.13. The Hall–Kier alpha value is 0.371. The van der Waals surface area contributed by atoms with Crippen LogP contribution in [-0.2, 0) is 26.6 Å². The second-order valence-electron chi connectivity index (χ2n) is 7.03. The molecule has 0 bridgehead atoms. The SMILES string of the molecule is CCCC(N(C(CCC)[SiH](OC)OC)C(CCC)[SiH](OC)OC)[SiH](OC)OC. The molecule has 0 aromatic carbocycles. The van der Waals surface area contributed by atoms with E-state index in [2.05, 4.69) is 25.7 Å². The highest BCUT2D eigenvalue weighted by Gasteiger charge is 2.45. The molecule has 10 heteroatoms. The van der Waals surface area contributed by atoms with Gasteiger partial charge in [-0.05, 0) is 19.3 Å². The van der Waals surface area contributed by atoms with E-state index >= 15 is 0 Å². The zero-order chi connectivity index (χ0) is 21.5. The first-order chi connectivity index (χ1) is 13.5. The number of hydrogen-bond donors (Lipinski definition) is 0. The second-order valence-corrected chi connectivity index (χ2v) is 14.4. The van der Waals surface area contributed by atoms with Gasteiger partial charge >= 0.3 is 27.9 Å². The summed E-state index contributed by atoms with van der Waals surface area (Å²) in [5.74, 6) is 0. The molecular weight excluding hydrogens is 410 g/mol. The number of hydrogen-bond acceptors (Lipinski definition) is 7. The van der Waals surface area contributed by atoms with Crippen LogP contribution in [0.2, 0.25) is 0 Å². The number of nitrogens with zero attached hydrogens (tertiary/aromatic N) is 1. The van der Waals surface area contributed by atoms with Crippen molar-refractivity contribution in [3.05, 3.63) is 0 Å². The maximum absolute atomic E-state index is 5.89. The summed E-state index contributed by atoms with van der Waals surface area (Å²) in [4.78, 5) is 2.61. The van der Waals surface area contributed by atoms with Crippen molar-refractivity contribution in [2.24, 2.45) is 0 Å². The molecule has 0 N–H and O–H groups in total. The minimum Gasteiger partial charge on any atom is -0.399 e. The van der Waals surface area contributed by atoms with Crippen LogP contribution < -0.4 is 0 Å². The van der Waals surface area contributed by atoms with E-state index < -0.39 is 27.9 Å². The summed E-state index contributed by atoms with van der Waals surface area (Å²) in [6.07, 6.45) is 6.24. The smallest absolute Gasteiger partial charge is 0.338 e. The van der Waals surface area contributed by atoms with Gasteiger partial charge in [-0.15, -0.1) is 0 Å². The van der Waals surface area contributed by atoms with Crippen molar-refractivity contribution in [3.63, 3.8) is 0 Å². The summed E-state index contributed by atoms with van der Waals surface area (Å²) in [6.45, 7) is 6.65. The standard InChI is InChI=1S/C18H45NO6Si3/c1-10-13-16(26(20-4)21-5)19(17(14-11-2)27(22-6)23-7)18(15-12-3)28(24-8)25-9/h16-18,26-28H,10-15H2,1-9H3. The van der Waals surface area contributed by atoms with E-state index in [1.54, 1.807) is 42.7 Å². The van der Waals surface area contributed by atoms with Crippen molar-refractivity contribution in [2.45, 2.75) is 76.3 Å². The lowest BCUT2D eigenvalue weighted by Gasteiger charge is -2.47. The predicted octanol–water partition coefficient (Wildman–Crippen LogP) is 1.95. The first kappa shape index (κ1) is 28.4. The molecule has 0 fully saturated rings. The van der Waals surface area contributed by atoms with E-state index in [4.69, 9.17) is 26.6 Å². The van der Waals surface area contributed by atoms with Gasteiger partial charge in [0.15, 0.2) is 0 Å². The molecule has 0 aromatic heterocycles. The molecule has 28 heavy (non-hydrogen) atoms. The quantitative estimate of drug-likeness (QED) is 0.293. The average molecular weight is 456 g/mol. The molecule has 3 atom stereocenters. The Morgan fingerprint density at radius 2 is 0.714 bits per heavy atom. The summed E-state index contributed by atoms with van der Waals surface area (Å²) in [6, 6.07) is 0. The molecule has 170 valence electrons. The van der Waals surface area contributed by atoms with Crippen LogP contribution in [0.15, 0.2) is 0 Å². The zero-order valence-corrected chi connectivity index (χ0v) is 23.1. The van der Waals surface area contributed by atoms with Crippen molar-refractivity contribution >= 4 is 27.9 Å². The van der Waals surface area contributed by atoms with Crippen LogP contribution in [0, 0.1) is 0 Å². The Kier molecular flexibility index (Phi) is 17.3. The van der Waals surface area contributed by atoms with Crippen LogP contribution in [0.4, 0.5) is 0 Å². The van der Waals surface area contributed by atoms with Crippen LogP contribution in [0.3, 0.4) is 0 Å². The third kappa shape index (κ3) is 8.25. The van der Waals surface area contributed by atoms with E-state index in [0.29, 0.717) is 0 Å². The summed E-state index contributed by atoms with van der Waals surface area (Å²) < 4.78 is 35.3. The highest BCUT2D eigenvalue weighted by molar-refractivity contribution is 6.50. The molecule has 0 aliphatic carbocycles. The van der Waals surface area contributed by atoms with Gasteiger partial charge in [-0.25, -0.2) is 0 Å². The zero-order valence-electron chi connectivity index (χ0n) is 19.6. The Labute approximate surface area is 178 Å². The Bertz CT molecular complexity index is 308. The van der Waals surface area contributed by atoms with Crippen LogP contribution in [-0.4, -0.2) is 92.4 Å². The third-order valence-corrected chi connectivity index (χ3v) is 11.9. The molecule has 7 nitrogen and oxygen atoms in total. The highest BCUT2D eigenvalue weighted by atomic mass is 28.3. The molecule has 0 rings (SSSR count). The molecule has 0 radical (unpaired) electrons. The van der Waals surface area contributed by atoms with Crippen molar-refractivity contribution in [1.82, 2.24) is 4.90 Å². The van der Waals surface area contributed by atoms with Gasteiger partial charge < -0.3 is 26.6 Å². The molecule has 0 saturated carbocycles. The Balaban J connectivity index is 6.38. The van der Waals surface area contributed by atoms with E-state index in [9.17, 15) is 0 Å². The first-order valence-electron chi connectivity index (χ1n) is 10.5. The van der Waals surface area contributed by atoms with Gasteiger partial charge in [0.1, 0.15) is 0 Å². The first-order valence-corrected chi connectivity index (χ1v) is 15.3. The fourth-order valence-corrected chi connectivity index (χ4v) is 11.2. The highest BCUT2D eigenvalue weighted by Crippen LogP contribution is 2.27. The molecule has 0 aliphatic rings. The fraction of sp³-hybridized carbons (Fsp3) is 1.00. The monoisotopic (exact) mass is 455 g/mol. The summed E-state index contributed by atoms with van der Waals surface area (Å²) >= 11 is 0. The summed E-state index contributed by atoms with van der Waals surface area (Å²) in [5, 5.41) is 0. The van der Waals surface area contributed by atoms with Gasteiger partial charge in [-0.2, -0.15) is 0 Å². The van der Waals surface area contributed by atoms with Gasteiger partial charge in [0.25, 0.3) is 0 Å². The molecule has 0 aromatic rings. The summed E-state index contributed by atoms with van der Waals surface area (Å²) in [5.41, 5.74) is 0.649. The molecule has 0 aliphatic heterocycles. The number of rotatable bonds is 18. The lowest BCUT2D eigenvalue weighted by Crippen LogP contribution is -2.65. The van der Waals surface area contributed by atoms with Gasteiger partial charge in [-0.1, -0.05) is 40.0 Å². The molecule has 0 amide bonds. The van der Waals surface area contributed by atoms with Gasteiger partial charge in [0, 0.05) is 42.7 Å². The molecule has 0 saturated heterocycles. The molecule has 3 unspecified atom stereocenters. The lowest BCUT2D eigenvalue weighted by molar-refractivity contribution is 0.0891. The molecular formula is C18H45NO6Si3.